The molecular formula is C15H18BrNO3. The van der Waals surface area contributed by atoms with E-state index in [1.165, 1.54) is 0 Å². The molecule has 1 amide bonds. The molecule has 0 bridgehead atoms. The first kappa shape index (κ1) is 15.0. The molecule has 0 unspecified atom stereocenters. The van der Waals surface area contributed by atoms with Crippen molar-refractivity contribution < 1.29 is 14.7 Å². The molecule has 1 aliphatic rings. The summed E-state index contributed by atoms with van der Waals surface area (Å²) in [7, 11) is 0. The van der Waals surface area contributed by atoms with Crippen LogP contribution < -0.4 is 0 Å². The number of aliphatic carboxylic acids is 1. The number of likely N-dealkylation sites (tertiary alicyclic amines) is 1. The van der Waals surface area contributed by atoms with Crippen molar-refractivity contribution in [2.24, 2.45) is 5.41 Å². The maximum Gasteiger partial charge on any atom is 0.309 e. The van der Waals surface area contributed by atoms with Gasteiger partial charge < -0.3 is 10.0 Å². The maximum atomic E-state index is 12.5. The predicted octanol–water partition coefficient (Wildman–Crippen LogP) is 3.08. The summed E-state index contributed by atoms with van der Waals surface area (Å²) < 4.78 is 0.913. The fraction of sp³-hybridized carbons (Fsp3) is 0.467. The number of carboxylic acids is 1. The minimum atomic E-state index is -0.775. The molecule has 108 valence electrons. The van der Waals surface area contributed by atoms with E-state index in [9.17, 15) is 14.7 Å². The second kappa shape index (κ2) is 5.56. The molecule has 0 saturated carbocycles. The Kier molecular flexibility index (Phi) is 4.18. The van der Waals surface area contributed by atoms with Gasteiger partial charge in [0.05, 0.1) is 5.41 Å². The fourth-order valence-corrected chi connectivity index (χ4v) is 2.79. The SMILES string of the molecule is Cc1c(Br)cccc1C(=O)N1CCC(C)(C(=O)O)CC1. The summed E-state index contributed by atoms with van der Waals surface area (Å²) in [6.07, 6.45) is 1.00. The molecule has 0 atom stereocenters. The average Bonchev–Trinajstić information content (AvgIpc) is 2.42. The molecule has 1 aliphatic heterocycles. The maximum absolute atomic E-state index is 12.5. The van der Waals surface area contributed by atoms with E-state index < -0.39 is 11.4 Å². The topological polar surface area (TPSA) is 57.6 Å². The summed E-state index contributed by atoms with van der Waals surface area (Å²) in [5.74, 6) is -0.792. The molecule has 1 fully saturated rings. The van der Waals surface area contributed by atoms with E-state index in [0.29, 0.717) is 31.5 Å². The van der Waals surface area contributed by atoms with Crippen molar-refractivity contribution in [3.63, 3.8) is 0 Å². The lowest BCUT2D eigenvalue weighted by Gasteiger charge is -2.36. The van der Waals surface area contributed by atoms with Crippen LogP contribution in [0.3, 0.4) is 0 Å². The fourth-order valence-electron chi connectivity index (χ4n) is 2.43. The third-order valence-corrected chi connectivity index (χ3v) is 5.03. The molecule has 1 saturated heterocycles. The predicted molar refractivity (Wildman–Crippen MR) is 79.8 cm³/mol. The summed E-state index contributed by atoms with van der Waals surface area (Å²) in [6.45, 7) is 4.64. The van der Waals surface area contributed by atoms with Crippen molar-refractivity contribution in [2.75, 3.05) is 13.1 Å². The molecule has 20 heavy (non-hydrogen) atoms. The van der Waals surface area contributed by atoms with Gasteiger partial charge in [-0.25, -0.2) is 0 Å². The van der Waals surface area contributed by atoms with Crippen LogP contribution in [0, 0.1) is 12.3 Å². The van der Waals surface area contributed by atoms with Crippen LogP contribution in [0.15, 0.2) is 22.7 Å². The number of benzene rings is 1. The normalized spacial score (nSPS) is 17.9. The molecular weight excluding hydrogens is 322 g/mol. The standard InChI is InChI=1S/C15H18BrNO3/c1-10-11(4-3-5-12(10)16)13(18)17-8-6-15(2,7-9-17)14(19)20/h3-5H,6-9H2,1-2H3,(H,19,20). The third kappa shape index (κ3) is 2.73. The van der Waals surface area contributed by atoms with E-state index in [1.54, 1.807) is 11.8 Å². The molecule has 1 heterocycles. The van der Waals surface area contributed by atoms with Gasteiger partial charge >= 0.3 is 5.97 Å². The zero-order valence-corrected chi connectivity index (χ0v) is 13.2. The van der Waals surface area contributed by atoms with Crippen LogP contribution in [-0.4, -0.2) is 35.0 Å². The number of amides is 1. The van der Waals surface area contributed by atoms with Gasteiger partial charge in [-0.05, 0) is 44.4 Å². The lowest BCUT2D eigenvalue weighted by molar-refractivity contribution is -0.150. The molecule has 0 spiro atoms. The van der Waals surface area contributed by atoms with E-state index in [-0.39, 0.29) is 5.91 Å². The minimum Gasteiger partial charge on any atom is -0.481 e. The van der Waals surface area contributed by atoms with Crippen molar-refractivity contribution >= 4 is 27.8 Å². The van der Waals surface area contributed by atoms with Crippen LogP contribution in [0.1, 0.15) is 35.7 Å². The molecule has 0 aromatic heterocycles. The van der Waals surface area contributed by atoms with E-state index >= 15 is 0 Å². The molecule has 2 rings (SSSR count). The van der Waals surface area contributed by atoms with Crippen molar-refractivity contribution in [1.29, 1.82) is 0 Å². The van der Waals surface area contributed by atoms with Crippen molar-refractivity contribution in [3.05, 3.63) is 33.8 Å². The number of rotatable bonds is 2. The van der Waals surface area contributed by atoms with E-state index in [0.717, 1.165) is 10.0 Å². The largest absolute Gasteiger partial charge is 0.481 e. The van der Waals surface area contributed by atoms with Gasteiger partial charge in [0.25, 0.3) is 5.91 Å². The van der Waals surface area contributed by atoms with Crippen LogP contribution in [0.2, 0.25) is 0 Å². The van der Waals surface area contributed by atoms with Crippen LogP contribution >= 0.6 is 15.9 Å². The molecule has 1 aromatic carbocycles. The number of piperidine rings is 1. The van der Waals surface area contributed by atoms with Gasteiger partial charge in [-0.15, -0.1) is 0 Å². The number of carbonyl (C=O) groups is 2. The van der Waals surface area contributed by atoms with Gasteiger partial charge in [-0.2, -0.15) is 0 Å². The van der Waals surface area contributed by atoms with Crippen molar-refractivity contribution in [3.8, 4) is 0 Å². The highest BCUT2D eigenvalue weighted by molar-refractivity contribution is 9.10. The van der Waals surface area contributed by atoms with Crippen LogP contribution in [0.5, 0.6) is 0 Å². The van der Waals surface area contributed by atoms with E-state index in [2.05, 4.69) is 15.9 Å². The Hall–Kier alpha value is -1.36. The number of nitrogens with zero attached hydrogens (tertiary/aromatic N) is 1. The average molecular weight is 340 g/mol. The first-order chi connectivity index (χ1) is 9.35. The number of halogens is 1. The third-order valence-electron chi connectivity index (χ3n) is 4.17. The Balaban J connectivity index is 2.13. The Morgan fingerprint density at radius 2 is 1.90 bits per heavy atom. The Labute approximate surface area is 126 Å². The van der Waals surface area contributed by atoms with Crippen LogP contribution in [0.25, 0.3) is 0 Å². The quantitative estimate of drug-likeness (QED) is 0.900. The molecule has 4 nitrogen and oxygen atoms in total. The lowest BCUT2D eigenvalue weighted by Crippen LogP contribution is -2.45. The summed E-state index contributed by atoms with van der Waals surface area (Å²) in [4.78, 5) is 25.5. The Morgan fingerprint density at radius 3 is 2.45 bits per heavy atom. The number of hydrogen-bond donors (Lipinski definition) is 1. The van der Waals surface area contributed by atoms with Gasteiger partial charge in [0, 0.05) is 23.1 Å². The summed E-state index contributed by atoms with van der Waals surface area (Å²) in [5, 5.41) is 9.21. The highest BCUT2D eigenvalue weighted by Gasteiger charge is 2.38. The smallest absolute Gasteiger partial charge is 0.309 e. The highest BCUT2D eigenvalue weighted by atomic mass is 79.9. The van der Waals surface area contributed by atoms with Gasteiger partial charge in [0.1, 0.15) is 0 Å². The number of carboxylic acid groups (broad SMARTS) is 1. The van der Waals surface area contributed by atoms with E-state index in [4.69, 9.17) is 0 Å². The Bertz CT molecular complexity index is 548. The number of hydrogen-bond acceptors (Lipinski definition) is 2. The molecule has 1 aromatic rings. The Morgan fingerprint density at radius 1 is 1.30 bits per heavy atom. The summed E-state index contributed by atoms with van der Waals surface area (Å²) in [5.41, 5.74) is 0.894. The first-order valence-electron chi connectivity index (χ1n) is 6.63. The first-order valence-corrected chi connectivity index (χ1v) is 7.42. The van der Waals surface area contributed by atoms with Gasteiger partial charge in [0.15, 0.2) is 0 Å². The van der Waals surface area contributed by atoms with Gasteiger partial charge in [0.2, 0.25) is 0 Å². The van der Waals surface area contributed by atoms with Gasteiger partial charge in [-0.3, -0.25) is 9.59 Å². The van der Waals surface area contributed by atoms with Gasteiger partial charge in [-0.1, -0.05) is 22.0 Å². The van der Waals surface area contributed by atoms with E-state index in [1.807, 2.05) is 25.1 Å². The van der Waals surface area contributed by atoms with Crippen LogP contribution in [-0.2, 0) is 4.79 Å². The molecule has 1 N–H and O–H groups in total. The second-order valence-electron chi connectivity index (χ2n) is 5.57. The summed E-state index contributed by atoms with van der Waals surface area (Å²) in [6, 6.07) is 5.56. The molecule has 5 heteroatoms. The minimum absolute atomic E-state index is 0.0174. The van der Waals surface area contributed by atoms with Crippen molar-refractivity contribution in [1.82, 2.24) is 4.90 Å². The highest BCUT2D eigenvalue weighted by Crippen LogP contribution is 2.32. The van der Waals surface area contributed by atoms with Crippen LogP contribution in [0.4, 0.5) is 0 Å². The molecule has 0 radical (unpaired) electrons. The summed E-state index contributed by atoms with van der Waals surface area (Å²) >= 11 is 3.43. The zero-order chi connectivity index (χ0) is 14.9. The number of carbonyl (C=O) groups excluding carboxylic acids is 1. The lowest BCUT2D eigenvalue weighted by atomic mass is 9.80. The monoisotopic (exact) mass is 339 g/mol. The van der Waals surface area contributed by atoms with Crippen molar-refractivity contribution in [2.45, 2.75) is 26.7 Å². The molecule has 0 aliphatic carbocycles. The second-order valence-corrected chi connectivity index (χ2v) is 6.42. The zero-order valence-electron chi connectivity index (χ0n) is 11.6.